The first-order valence-electron chi connectivity index (χ1n) is 5.00. The van der Waals surface area contributed by atoms with Crippen molar-refractivity contribution in [3.63, 3.8) is 0 Å². The van der Waals surface area contributed by atoms with E-state index in [9.17, 15) is 18.0 Å². The smallest absolute Gasteiger partial charge is 0.276 e. The highest BCUT2D eigenvalue weighted by Gasteiger charge is 2.37. The van der Waals surface area contributed by atoms with Crippen LogP contribution in [0.15, 0.2) is 30.3 Å². The summed E-state index contributed by atoms with van der Waals surface area (Å²) in [5, 5.41) is 0.591. The molecule has 0 saturated carbocycles. The van der Waals surface area contributed by atoms with Gasteiger partial charge in [0.1, 0.15) is 0 Å². The van der Waals surface area contributed by atoms with Gasteiger partial charge in [0.05, 0.1) is 5.92 Å². The summed E-state index contributed by atoms with van der Waals surface area (Å²) < 4.78 is 36.8. The molecule has 0 spiro atoms. The second-order valence-corrected chi connectivity index (χ2v) is 3.77. The Morgan fingerprint density at radius 3 is 2.35 bits per heavy atom. The van der Waals surface area contributed by atoms with Gasteiger partial charge in [-0.3, -0.25) is 9.80 Å². The molecule has 1 atom stereocenters. The lowest BCUT2D eigenvalue weighted by atomic mass is 10.1. The lowest BCUT2D eigenvalue weighted by molar-refractivity contribution is -0.172. The predicted molar refractivity (Wildman–Crippen MR) is 56.9 cm³/mol. The Balaban J connectivity index is 2.66. The van der Waals surface area contributed by atoms with Crippen LogP contribution in [0.2, 0.25) is 0 Å². The van der Waals surface area contributed by atoms with Gasteiger partial charge in [-0.15, -0.1) is 0 Å². The van der Waals surface area contributed by atoms with Gasteiger partial charge in [-0.25, -0.2) is 5.84 Å². The van der Waals surface area contributed by atoms with Crippen LogP contribution in [-0.2, 0) is 0 Å². The predicted octanol–water partition coefficient (Wildman–Crippen LogP) is 2.20. The highest BCUT2D eigenvalue weighted by molar-refractivity contribution is 5.93. The minimum atomic E-state index is -4.35. The Hall–Kier alpha value is -1.56. The van der Waals surface area contributed by atoms with Gasteiger partial charge in [0.2, 0.25) is 0 Å². The Bertz CT molecular complexity index is 378. The van der Waals surface area contributed by atoms with E-state index in [4.69, 9.17) is 5.84 Å². The van der Waals surface area contributed by atoms with E-state index in [-0.39, 0.29) is 5.56 Å². The van der Waals surface area contributed by atoms with E-state index < -0.39 is 24.5 Å². The Morgan fingerprint density at radius 1 is 1.35 bits per heavy atom. The Kier molecular flexibility index (Phi) is 4.11. The first kappa shape index (κ1) is 13.5. The minimum Gasteiger partial charge on any atom is -0.276 e. The number of hydrogen-bond acceptors (Lipinski definition) is 2. The van der Waals surface area contributed by atoms with Crippen molar-refractivity contribution in [2.24, 2.45) is 11.8 Å². The lowest BCUT2D eigenvalue weighted by Crippen LogP contribution is -2.43. The average molecular weight is 246 g/mol. The fourth-order valence-corrected chi connectivity index (χ4v) is 1.23. The van der Waals surface area contributed by atoms with Crippen LogP contribution >= 0.6 is 0 Å². The molecule has 1 aromatic carbocycles. The molecule has 0 heterocycles. The molecular formula is C11H13F3N2O. The topological polar surface area (TPSA) is 46.3 Å². The number of amides is 1. The van der Waals surface area contributed by atoms with Gasteiger partial charge in [-0.05, 0) is 12.1 Å². The molecule has 6 heteroatoms. The molecule has 94 valence electrons. The molecular weight excluding hydrogens is 233 g/mol. The van der Waals surface area contributed by atoms with Crippen molar-refractivity contribution >= 4 is 5.91 Å². The van der Waals surface area contributed by atoms with Crippen molar-refractivity contribution in [2.45, 2.75) is 13.1 Å². The van der Waals surface area contributed by atoms with Crippen molar-refractivity contribution < 1.29 is 18.0 Å². The van der Waals surface area contributed by atoms with Gasteiger partial charge in [0.25, 0.3) is 5.91 Å². The summed E-state index contributed by atoms with van der Waals surface area (Å²) in [6.45, 7) is 0.426. The maximum atomic E-state index is 12.3. The first-order chi connectivity index (χ1) is 7.82. The number of hydrogen-bond donors (Lipinski definition) is 1. The molecule has 1 amide bonds. The fourth-order valence-electron chi connectivity index (χ4n) is 1.23. The molecule has 0 radical (unpaired) electrons. The van der Waals surface area contributed by atoms with Gasteiger partial charge in [-0.1, -0.05) is 25.1 Å². The molecule has 0 saturated heterocycles. The van der Waals surface area contributed by atoms with Gasteiger partial charge in [0.15, 0.2) is 0 Å². The monoisotopic (exact) mass is 246 g/mol. The Morgan fingerprint density at radius 2 is 1.88 bits per heavy atom. The van der Waals surface area contributed by atoms with Gasteiger partial charge >= 0.3 is 6.18 Å². The highest BCUT2D eigenvalue weighted by Crippen LogP contribution is 2.26. The van der Waals surface area contributed by atoms with Crippen molar-refractivity contribution in [3.8, 4) is 0 Å². The number of benzene rings is 1. The molecule has 1 aromatic rings. The van der Waals surface area contributed by atoms with Gasteiger partial charge in [-0.2, -0.15) is 13.2 Å². The van der Waals surface area contributed by atoms with Crippen molar-refractivity contribution in [1.82, 2.24) is 5.01 Å². The quantitative estimate of drug-likeness (QED) is 0.505. The number of halogens is 3. The van der Waals surface area contributed by atoms with Crippen LogP contribution in [0, 0.1) is 5.92 Å². The maximum absolute atomic E-state index is 12.3. The van der Waals surface area contributed by atoms with Crippen LogP contribution in [-0.4, -0.2) is 23.6 Å². The third-order valence-electron chi connectivity index (χ3n) is 2.31. The molecule has 0 aliphatic carbocycles. The fraction of sp³-hybridized carbons (Fsp3) is 0.364. The van der Waals surface area contributed by atoms with Crippen molar-refractivity contribution in [2.75, 3.05) is 6.54 Å². The molecule has 0 fully saturated rings. The first-order valence-corrected chi connectivity index (χ1v) is 5.00. The summed E-state index contributed by atoms with van der Waals surface area (Å²) in [6, 6.07) is 7.94. The summed E-state index contributed by atoms with van der Waals surface area (Å²) in [5.74, 6) is 3.05. The van der Waals surface area contributed by atoms with Crippen LogP contribution in [0.5, 0.6) is 0 Å². The average Bonchev–Trinajstić information content (AvgIpc) is 2.27. The number of rotatable bonds is 3. The molecule has 0 aliphatic rings. The number of nitrogens with two attached hydrogens (primary N) is 1. The summed E-state index contributed by atoms with van der Waals surface area (Å²) in [7, 11) is 0. The molecule has 1 rings (SSSR count). The zero-order valence-corrected chi connectivity index (χ0v) is 9.24. The third-order valence-corrected chi connectivity index (χ3v) is 2.31. The van der Waals surface area contributed by atoms with E-state index in [0.717, 1.165) is 6.92 Å². The molecule has 0 aliphatic heterocycles. The van der Waals surface area contributed by atoms with E-state index in [2.05, 4.69) is 0 Å². The minimum absolute atomic E-state index is 0.268. The van der Waals surface area contributed by atoms with Crippen LogP contribution in [0.3, 0.4) is 0 Å². The number of nitrogens with zero attached hydrogens (tertiary/aromatic N) is 1. The molecule has 17 heavy (non-hydrogen) atoms. The normalized spacial score (nSPS) is 13.2. The molecule has 1 unspecified atom stereocenters. The largest absolute Gasteiger partial charge is 0.393 e. The Labute approximate surface area is 97.0 Å². The van der Waals surface area contributed by atoms with Gasteiger partial charge < -0.3 is 0 Å². The molecule has 3 nitrogen and oxygen atoms in total. The standard InChI is InChI=1S/C11H13F3N2O/c1-8(11(12,13)14)7-16(15)10(17)9-5-3-2-4-6-9/h2-6,8H,7,15H2,1H3. The van der Waals surface area contributed by atoms with Crippen molar-refractivity contribution in [1.29, 1.82) is 0 Å². The molecule has 2 N–H and O–H groups in total. The number of carbonyl (C=O) groups excluding carboxylic acids is 1. The van der Waals surface area contributed by atoms with Crippen LogP contribution < -0.4 is 5.84 Å². The summed E-state index contributed by atoms with van der Waals surface area (Å²) in [4.78, 5) is 11.6. The second-order valence-electron chi connectivity index (χ2n) is 3.77. The van der Waals surface area contributed by atoms with E-state index in [0.29, 0.717) is 5.01 Å². The van der Waals surface area contributed by atoms with Crippen LogP contribution in [0.4, 0.5) is 13.2 Å². The maximum Gasteiger partial charge on any atom is 0.393 e. The second kappa shape index (κ2) is 5.18. The molecule has 0 aromatic heterocycles. The number of hydrazine groups is 1. The number of carbonyl (C=O) groups is 1. The van der Waals surface area contributed by atoms with Crippen molar-refractivity contribution in [3.05, 3.63) is 35.9 Å². The highest BCUT2D eigenvalue weighted by atomic mass is 19.4. The van der Waals surface area contributed by atoms with Crippen LogP contribution in [0.25, 0.3) is 0 Å². The summed E-state index contributed by atoms with van der Waals surface area (Å²) >= 11 is 0. The van der Waals surface area contributed by atoms with E-state index in [1.54, 1.807) is 18.2 Å². The lowest BCUT2D eigenvalue weighted by Gasteiger charge is -2.22. The van der Waals surface area contributed by atoms with Crippen LogP contribution in [0.1, 0.15) is 17.3 Å². The SMILES string of the molecule is CC(CN(N)C(=O)c1ccccc1)C(F)(F)F. The summed E-state index contributed by atoms with van der Waals surface area (Å²) in [5.41, 5.74) is 0.268. The summed E-state index contributed by atoms with van der Waals surface area (Å²) in [6.07, 6.45) is -4.35. The number of alkyl halides is 3. The zero-order chi connectivity index (χ0) is 13.1. The van der Waals surface area contributed by atoms with E-state index >= 15 is 0 Å². The van der Waals surface area contributed by atoms with E-state index in [1.165, 1.54) is 12.1 Å². The zero-order valence-electron chi connectivity index (χ0n) is 9.24. The third kappa shape index (κ3) is 3.74. The van der Waals surface area contributed by atoms with E-state index in [1.807, 2.05) is 0 Å². The van der Waals surface area contributed by atoms with Gasteiger partial charge in [0, 0.05) is 12.1 Å². The molecule has 0 bridgehead atoms.